The van der Waals surface area contributed by atoms with Crippen LogP contribution in [0.3, 0.4) is 0 Å². The maximum atomic E-state index is 12.3. The van der Waals surface area contributed by atoms with Gasteiger partial charge in [-0.1, -0.05) is 0 Å². The summed E-state index contributed by atoms with van der Waals surface area (Å²) in [6, 6.07) is 9.02. The van der Waals surface area contributed by atoms with E-state index in [1.807, 2.05) is 0 Å². The fourth-order valence-corrected chi connectivity index (χ4v) is 2.90. The van der Waals surface area contributed by atoms with Crippen molar-refractivity contribution in [3.63, 3.8) is 0 Å². The second-order valence-corrected chi connectivity index (χ2v) is 6.15. The van der Waals surface area contributed by atoms with E-state index in [0.29, 0.717) is 29.1 Å². The Labute approximate surface area is 164 Å². The molecule has 1 N–H and O–H groups in total. The number of nitro groups is 1. The Bertz CT molecular complexity index is 1120. The molecule has 2 aromatic carbocycles. The number of carbonyl (C=O) groups excluding carboxylic acids is 1. The van der Waals surface area contributed by atoms with E-state index in [0.717, 1.165) is 0 Å². The van der Waals surface area contributed by atoms with Crippen molar-refractivity contribution in [3.8, 4) is 11.5 Å². The number of aromatic nitrogens is 1. The van der Waals surface area contributed by atoms with Crippen LogP contribution in [0, 0.1) is 10.1 Å². The lowest BCUT2D eigenvalue weighted by Gasteiger charge is -2.11. The van der Waals surface area contributed by atoms with Crippen LogP contribution < -0.4 is 20.5 Å². The number of ether oxygens (including phenoxy) is 2. The highest BCUT2D eigenvalue weighted by atomic mass is 16.6. The number of hydrogen-bond donors (Lipinski definition) is 1. The highest BCUT2D eigenvalue weighted by molar-refractivity contribution is 5.92. The number of carbonyl (C=O) groups is 1. The Balaban J connectivity index is 1.66. The summed E-state index contributed by atoms with van der Waals surface area (Å²) in [4.78, 5) is 34.6. The van der Waals surface area contributed by atoms with Gasteiger partial charge in [0.05, 0.1) is 36.4 Å². The average Bonchev–Trinajstić information content (AvgIpc) is 3.02. The number of methoxy groups -OCH3 is 2. The number of benzene rings is 2. The molecule has 0 spiro atoms. The Morgan fingerprint density at radius 2 is 2.00 bits per heavy atom. The molecule has 0 saturated carbocycles. The molecule has 29 heavy (non-hydrogen) atoms. The van der Waals surface area contributed by atoms with Gasteiger partial charge in [0, 0.05) is 25.1 Å². The summed E-state index contributed by atoms with van der Waals surface area (Å²) in [5.74, 6) is 0.188. The third kappa shape index (κ3) is 4.37. The number of amides is 1. The zero-order valence-electron chi connectivity index (χ0n) is 15.8. The summed E-state index contributed by atoms with van der Waals surface area (Å²) in [7, 11) is 3.02. The minimum absolute atomic E-state index is 0.134. The Kier molecular flexibility index (Phi) is 5.82. The van der Waals surface area contributed by atoms with Crippen molar-refractivity contribution in [2.24, 2.45) is 0 Å². The lowest BCUT2D eigenvalue weighted by molar-refractivity contribution is -0.384. The van der Waals surface area contributed by atoms with Gasteiger partial charge in [0.15, 0.2) is 5.58 Å². The highest BCUT2D eigenvalue weighted by Crippen LogP contribution is 2.29. The molecule has 0 aliphatic rings. The topological polar surface area (TPSA) is 126 Å². The smallest absolute Gasteiger partial charge is 0.419 e. The van der Waals surface area contributed by atoms with E-state index in [1.165, 1.54) is 37.0 Å². The number of rotatable bonds is 8. The van der Waals surface area contributed by atoms with Crippen LogP contribution in [0.15, 0.2) is 45.6 Å². The number of nitrogens with one attached hydrogen (secondary N) is 1. The zero-order chi connectivity index (χ0) is 21.0. The Morgan fingerprint density at radius 3 is 2.69 bits per heavy atom. The minimum atomic E-state index is -0.629. The van der Waals surface area contributed by atoms with E-state index in [-0.39, 0.29) is 30.1 Å². The molecule has 10 nitrogen and oxygen atoms in total. The molecule has 0 atom stereocenters. The van der Waals surface area contributed by atoms with Crippen LogP contribution in [-0.2, 0) is 11.3 Å². The standard InChI is InChI=1S/C19H19N3O7/c1-27-13-6-8-16(28-2)14(11-13)20-18(23)4-3-9-21-15-7-5-12(22(25)26)10-17(15)29-19(21)24/h5-8,10-11H,3-4,9H2,1-2H3,(H,20,23). The van der Waals surface area contributed by atoms with Gasteiger partial charge in [-0.3, -0.25) is 19.5 Å². The lowest BCUT2D eigenvalue weighted by Crippen LogP contribution is -2.17. The van der Waals surface area contributed by atoms with Crippen molar-refractivity contribution < 1.29 is 23.6 Å². The predicted molar refractivity (Wildman–Crippen MR) is 105 cm³/mol. The molecule has 0 radical (unpaired) electrons. The highest BCUT2D eigenvalue weighted by Gasteiger charge is 2.15. The number of hydrogen-bond acceptors (Lipinski definition) is 7. The molecular weight excluding hydrogens is 382 g/mol. The molecule has 0 fully saturated rings. The van der Waals surface area contributed by atoms with Crippen LogP contribution in [0.1, 0.15) is 12.8 Å². The molecule has 3 rings (SSSR count). The number of non-ortho nitro benzene ring substituents is 1. The first-order valence-corrected chi connectivity index (χ1v) is 8.72. The van der Waals surface area contributed by atoms with Crippen LogP contribution in [0.4, 0.5) is 11.4 Å². The fraction of sp³-hybridized carbons (Fsp3) is 0.263. The summed E-state index contributed by atoms with van der Waals surface area (Å²) in [5, 5.41) is 13.6. The molecule has 1 amide bonds. The maximum Gasteiger partial charge on any atom is 0.419 e. The minimum Gasteiger partial charge on any atom is -0.497 e. The van der Waals surface area contributed by atoms with Crippen LogP contribution in [-0.4, -0.2) is 29.6 Å². The monoisotopic (exact) mass is 401 g/mol. The third-order valence-corrected chi connectivity index (χ3v) is 4.33. The fourth-order valence-electron chi connectivity index (χ4n) is 2.90. The normalized spacial score (nSPS) is 10.7. The average molecular weight is 401 g/mol. The van der Waals surface area contributed by atoms with Crippen molar-refractivity contribution in [3.05, 3.63) is 57.1 Å². The van der Waals surface area contributed by atoms with Crippen LogP contribution in [0.2, 0.25) is 0 Å². The van der Waals surface area contributed by atoms with Crippen molar-refractivity contribution in [2.45, 2.75) is 19.4 Å². The van der Waals surface area contributed by atoms with Gasteiger partial charge in [-0.25, -0.2) is 4.79 Å². The molecule has 0 saturated heterocycles. The summed E-state index contributed by atoms with van der Waals surface area (Å²) in [6.07, 6.45) is 0.510. The molecule has 10 heteroatoms. The number of oxazole rings is 1. The number of anilines is 1. The summed E-state index contributed by atoms with van der Waals surface area (Å²) in [5.41, 5.74) is 0.894. The Hall–Kier alpha value is -3.82. The number of nitro benzene ring substituents is 1. The molecule has 1 heterocycles. The predicted octanol–water partition coefficient (Wildman–Crippen LogP) is 2.94. The summed E-state index contributed by atoms with van der Waals surface area (Å²) in [6.45, 7) is 0.228. The molecule has 1 aromatic heterocycles. The van der Waals surface area contributed by atoms with Crippen LogP contribution in [0.5, 0.6) is 11.5 Å². The first-order valence-electron chi connectivity index (χ1n) is 8.72. The van der Waals surface area contributed by atoms with E-state index in [9.17, 15) is 19.7 Å². The lowest BCUT2D eigenvalue weighted by atomic mass is 10.2. The SMILES string of the molecule is COc1ccc(OC)c(NC(=O)CCCn2c(=O)oc3cc([N+](=O)[O-])ccc32)c1. The first-order chi connectivity index (χ1) is 13.9. The van der Waals surface area contributed by atoms with E-state index in [4.69, 9.17) is 13.9 Å². The molecule has 152 valence electrons. The van der Waals surface area contributed by atoms with Gasteiger partial charge in [0.25, 0.3) is 5.69 Å². The van der Waals surface area contributed by atoms with E-state index in [1.54, 1.807) is 18.2 Å². The van der Waals surface area contributed by atoms with Gasteiger partial charge in [-0.2, -0.15) is 0 Å². The third-order valence-electron chi connectivity index (χ3n) is 4.33. The van der Waals surface area contributed by atoms with E-state index >= 15 is 0 Å². The van der Waals surface area contributed by atoms with Gasteiger partial charge < -0.3 is 19.2 Å². The molecule has 0 aliphatic heterocycles. The maximum absolute atomic E-state index is 12.3. The first kappa shape index (κ1) is 19.9. The Morgan fingerprint density at radius 1 is 1.21 bits per heavy atom. The van der Waals surface area contributed by atoms with Crippen molar-refractivity contribution in [1.82, 2.24) is 4.57 Å². The zero-order valence-corrected chi connectivity index (χ0v) is 15.8. The number of nitrogens with zero attached hydrogens (tertiary/aromatic N) is 2. The molecule has 0 aliphatic carbocycles. The quantitative estimate of drug-likeness (QED) is 0.454. The van der Waals surface area contributed by atoms with Gasteiger partial charge in [-0.15, -0.1) is 0 Å². The van der Waals surface area contributed by atoms with Crippen molar-refractivity contribution in [2.75, 3.05) is 19.5 Å². The van der Waals surface area contributed by atoms with E-state index < -0.39 is 10.7 Å². The molecule has 0 unspecified atom stereocenters. The molecular formula is C19H19N3O7. The van der Waals surface area contributed by atoms with Gasteiger partial charge >= 0.3 is 5.76 Å². The van der Waals surface area contributed by atoms with Crippen LogP contribution in [0.25, 0.3) is 11.1 Å². The number of aryl methyl sites for hydroxylation is 1. The summed E-state index contributed by atoms with van der Waals surface area (Å²) < 4.78 is 16.8. The molecule has 0 bridgehead atoms. The molecule has 3 aromatic rings. The number of fused-ring (bicyclic) bond motifs is 1. The van der Waals surface area contributed by atoms with Crippen molar-refractivity contribution >= 4 is 28.4 Å². The van der Waals surface area contributed by atoms with Gasteiger partial charge in [0.1, 0.15) is 11.5 Å². The second-order valence-electron chi connectivity index (χ2n) is 6.15. The largest absolute Gasteiger partial charge is 0.497 e. The van der Waals surface area contributed by atoms with Gasteiger partial charge in [0.2, 0.25) is 5.91 Å². The van der Waals surface area contributed by atoms with Crippen LogP contribution >= 0.6 is 0 Å². The van der Waals surface area contributed by atoms with Gasteiger partial charge in [-0.05, 0) is 24.6 Å². The van der Waals surface area contributed by atoms with Crippen molar-refractivity contribution in [1.29, 1.82) is 0 Å². The van der Waals surface area contributed by atoms with E-state index in [2.05, 4.69) is 5.32 Å². The summed E-state index contributed by atoms with van der Waals surface area (Å²) >= 11 is 0. The second kappa shape index (κ2) is 8.46.